The molecule has 1 amide bonds. The number of carbonyl (C=O) groups is 2. The predicted octanol–water partition coefficient (Wildman–Crippen LogP) is 4.88. The third kappa shape index (κ3) is 4.44. The van der Waals surface area contributed by atoms with E-state index in [1.165, 1.54) is 6.92 Å². The van der Waals surface area contributed by atoms with Crippen molar-refractivity contribution in [2.75, 3.05) is 7.11 Å². The number of amides is 1. The minimum Gasteiger partial charge on any atom is -0.497 e. The molecule has 34 heavy (non-hydrogen) atoms. The SMILES string of the molecule is COc1ccc(C[C@@H]2[C@@H](OC(C)=O)[C@@H]3C[C@@]4(C=CC(=O)N24)CC[C@H]3O[Si](C)(C)C(C)(C)C)cc1. The molecule has 4 rings (SSSR count). The van der Waals surface area contributed by atoms with Crippen molar-refractivity contribution in [2.24, 2.45) is 5.92 Å². The highest BCUT2D eigenvalue weighted by molar-refractivity contribution is 6.74. The zero-order valence-electron chi connectivity index (χ0n) is 21.6. The van der Waals surface area contributed by atoms with Gasteiger partial charge in [-0.3, -0.25) is 9.59 Å². The van der Waals surface area contributed by atoms with Gasteiger partial charge in [0.25, 0.3) is 0 Å². The number of hydrogen-bond acceptors (Lipinski definition) is 5. The minimum atomic E-state index is -2.03. The van der Waals surface area contributed by atoms with Gasteiger partial charge in [0.15, 0.2) is 8.32 Å². The summed E-state index contributed by atoms with van der Waals surface area (Å²) >= 11 is 0. The Hall–Kier alpha value is -2.12. The van der Waals surface area contributed by atoms with Crippen molar-refractivity contribution in [2.45, 2.75) is 95.3 Å². The van der Waals surface area contributed by atoms with E-state index in [0.717, 1.165) is 30.6 Å². The first kappa shape index (κ1) is 25.0. The first-order chi connectivity index (χ1) is 15.9. The minimum absolute atomic E-state index is 0.0119. The largest absolute Gasteiger partial charge is 0.497 e. The van der Waals surface area contributed by atoms with Crippen LogP contribution in [0.4, 0.5) is 0 Å². The molecule has 2 fully saturated rings. The molecular weight excluding hydrogens is 446 g/mol. The molecule has 5 atom stereocenters. The van der Waals surface area contributed by atoms with Crippen molar-refractivity contribution in [1.82, 2.24) is 4.90 Å². The normalized spacial score (nSPS) is 30.8. The van der Waals surface area contributed by atoms with Crippen LogP contribution < -0.4 is 4.74 Å². The Morgan fingerprint density at radius 1 is 1.21 bits per heavy atom. The molecule has 1 spiro atoms. The molecule has 0 N–H and O–H groups in total. The van der Waals surface area contributed by atoms with Gasteiger partial charge in [0.2, 0.25) is 5.91 Å². The Kier molecular flexibility index (Phi) is 6.49. The van der Waals surface area contributed by atoms with Crippen LogP contribution in [0.5, 0.6) is 5.75 Å². The van der Waals surface area contributed by atoms with Crippen LogP contribution in [-0.4, -0.2) is 56.0 Å². The van der Waals surface area contributed by atoms with Crippen LogP contribution in [0.3, 0.4) is 0 Å². The van der Waals surface area contributed by atoms with E-state index in [4.69, 9.17) is 13.9 Å². The van der Waals surface area contributed by atoms with E-state index in [-0.39, 0.29) is 40.5 Å². The Morgan fingerprint density at radius 2 is 1.88 bits per heavy atom. The fourth-order valence-electron chi connectivity index (χ4n) is 5.75. The van der Waals surface area contributed by atoms with Crippen molar-refractivity contribution < 1.29 is 23.5 Å². The summed E-state index contributed by atoms with van der Waals surface area (Å²) in [4.78, 5) is 27.4. The Bertz CT molecular complexity index is 966. The average Bonchev–Trinajstić information content (AvgIpc) is 3.07. The zero-order chi connectivity index (χ0) is 24.9. The van der Waals surface area contributed by atoms with Gasteiger partial charge in [-0.15, -0.1) is 0 Å². The first-order valence-corrected chi connectivity index (χ1v) is 15.3. The molecule has 3 aliphatic rings. The van der Waals surface area contributed by atoms with Crippen molar-refractivity contribution in [1.29, 1.82) is 0 Å². The number of benzene rings is 1. The van der Waals surface area contributed by atoms with Crippen molar-refractivity contribution >= 4 is 20.2 Å². The molecule has 0 aromatic heterocycles. The molecule has 6 nitrogen and oxygen atoms in total. The van der Waals surface area contributed by atoms with E-state index in [1.807, 2.05) is 29.2 Å². The van der Waals surface area contributed by atoms with Crippen LogP contribution in [0, 0.1) is 5.92 Å². The van der Waals surface area contributed by atoms with E-state index in [0.29, 0.717) is 6.42 Å². The van der Waals surface area contributed by atoms with E-state index in [9.17, 15) is 9.59 Å². The summed E-state index contributed by atoms with van der Waals surface area (Å²) in [6.07, 6.45) is 6.52. The summed E-state index contributed by atoms with van der Waals surface area (Å²) in [5, 5.41) is 0.0888. The highest BCUT2D eigenvalue weighted by Crippen LogP contribution is 2.52. The number of hydrogen-bond donors (Lipinski definition) is 0. The number of fused-ring (bicyclic) bond motifs is 1. The molecule has 186 valence electrons. The molecule has 1 aromatic rings. The monoisotopic (exact) mass is 485 g/mol. The lowest BCUT2D eigenvalue weighted by Crippen LogP contribution is -2.69. The van der Waals surface area contributed by atoms with E-state index in [2.05, 4.69) is 39.9 Å². The van der Waals surface area contributed by atoms with Gasteiger partial charge in [-0.05, 0) is 61.5 Å². The molecule has 7 heteroatoms. The van der Waals surface area contributed by atoms with Crippen LogP contribution in [0.2, 0.25) is 18.1 Å². The first-order valence-electron chi connectivity index (χ1n) is 12.4. The van der Waals surface area contributed by atoms with E-state index in [1.54, 1.807) is 13.2 Å². The number of esters is 1. The van der Waals surface area contributed by atoms with Gasteiger partial charge >= 0.3 is 5.97 Å². The Labute approximate surface area is 204 Å². The maximum Gasteiger partial charge on any atom is 0.302 e. The standard InChI is InChI=1S/C27H39NO5Si/c1-18(29)32-25-21-17-27(14-12-23(21)33-34(6,7)26(2,3)4)15-13-24(30)28(27)22(25)16-19-8-10-20(31-5)11-9-19/h8-11,13,15,21-23,25H,12,14,16-17H2,1-7H3/t21-,22-,23-,25+,27+/m1/s1. The summed E-state index contributed by atoms with van der Waals surface area (Å²) in [5.41, 5.74) is 0.766. The van der Waals surface area contributed by atoms with Crippen LogP contribution in [0.15, 0.2) is 36.4 Å². The second kappa shape index (κ2) is 8.83. The van der Waals surface area contributed by atoms with Crippen LogP contribution >= 0.6 is 0 Å². The second-order valence-corrected chi connectivity index (χ2v) is 16.4. The lowest BCUT2D eigenvalue weighted by molar-refractivity contribution is -0.183. The lowest BCUT2D eigenvalue weighted by Gasteiger charge is -2.58. The molecule has 1 aromatic carbocycles. The number of nitrogens with zero attached hydrogens (tertiary/aromatic N) is 1. The van der Waals surface area contributed by atoms with Gasteiger partial charge in [-0.2, -0.15) is 0 Å². The number of rotatable bonds is 6. The summed E-state index contributed by atoms with van der Waals surface area (Å²) < 4.78 is 18.3. The van der Waals surface area contributed by atoms with E-state index < -0.39 is 14.4 Å². The second-order valence-electron chi connectivity index (χ2n) is 11.7. The third-order valence-electron chi connectivity index (χ3n) is 8.47. The number of carbonyl (C=O) groups excluding carboxylic acids is 2. The predicted molar refractivity (Wildman–Crippen MR) is 134 cm³/mol. The summed E-state index contributed by atoms with van der Waals surface area (Å²) in [5.74, 6) is 0.534. The third-order valence-corrected chi connectivity index (χ3v) is 13.0. The van der Waals surface area contributed by atoms with Gasteiger partial charge in [-0.25, -0.2) is 0 Å². The molecule has 2 aliphatic heterocycles. The lowest BCUT2D eigenvalue weighted by atomic mass is 9.65. The fourth-order valence-corrected chi connectivity index (χ4v) is 7.15. The summed E-state index contributed by atoms with van der Waals surface area (Å²) in [6, 6.07) is 7.67. The smallest absolute Gasteiger partial charge is 0.302 e. The number of methoxy groups -OCH3 is 1. The van der Waals surface area contributed by atoms with Crippen molar-refractivity contribution in [3.63, 3.8) is 0 Å². The van der Waals surface area contributed by atoms with E-state index >= 15 is 0 Å². The molecule has 0 unspecified atom stereocenters. The molecule has 0 radical (unpaired) electrons. The fraction of sp³-hybridized carbons (Fsp3) is 0.630. The Balaban J connectivity index is 1.71. The molecule has 2 heterocycles. The van der Waals surface area contributed by atoms with Gasteiger partial charge in [-0.1, -0.05) is 39.0 Å². The van der Waals surface area contributed by atoms with Gasteiger partial charge in [0.1, 0.15) is 11.9 Å². The topological polar surface area (TPSA) is 65.1 Å². The van der Waals surface area contributed by atoms with Gasteiger partial charge in [0.05, 0.1) is 24.8 Å². The summed E-state index contributed by atoms with van der Waals surface area (Å²) in [7, 11) is -0.379. The van der Waals surface area contributed by atoms with Crippen LogP contribution in [-0.2, 0) is 25.2 Å². The maximum atomic E-state index is 13.1. The number of ether oxygens (including phenoxy) is 2. The van der Waals surface area contributed by atoms with Gasteiger partial charge < -0.3 is 18.8 Å². The molecule has 1 saturated carbocycles. The Morgan fingerprint density at radius 3 is 2.47 bits per heavy atom. The van der Waals surface area contributed by atoms with Crippen molar-refractivity contribution in [3.8, 4) is 5.75 Å². The maximum absolute atomic E-state index is 13.1. The van der Waals surface area contributed by atoms with Crippen molar-refractivity contribution in [3.05, 3.63) is 42.0 Å². The quantitative estimate of drug-likeness (QED) is 0.424. The van der Waals surface area contributed by atoms with Gasteiger partial charge in [0, 0.05) is 18.9 Å². The molecule has 2 bridgehead atoms. The highest BCUT2D eigenvalue weighted by Gasteiger charge is 2.60. The zero-order valence-corrected chi connectivity index (χ0v) is 22.6. The number of piperidine rings is 1. The van der Waals surface area contributed by atoms with Crippen LogP contribution in [0.25, 0.3) is 0 Å². The summed E-state index contributed by atoms with van der Waals surface area (Å²) in [6.45, 7) is 12.8. The van der Waals surface area contributed by atoms with Crippen LogP contribution in [0.1, 0.15) is 52.5 Å². The molecule has 1 aliphatic carbocycles. The highest BCUT2D eigenvalue weighted by atomic mass is 28.4. The molecule has 1 saturated heterocycles. The average molecular weight is 486 g/mol. The molecular formula is C27H39NO5Si.